The lowest BCUT2D eigenvalue weighted by atomic mass is 10.0. The molecule has 0 fully saturated rings. The SMILES string of the molecule is CC(C)CCCC(C)[C]=O. The van der Waals surface area contributed by atoms with Crippen LogP contribution in [0.5, 0.6) is 0 Å². The molecule has 1 heteroatoms. The number of hydrogen-bond acceptors (Lipinski definition) is 1. The molecule has 0 aromatic rings. The first kappa shape index (κ1) is 9.67. The van der Waals surface area contributed by atoms with E-state index in [9.17, 15) is 4.79 Å². The van der Waals surface area contributed by atoms with Crippen LogP contribution in [0.15, 0.2) is 0 Å². The normalized spacial score (nSPS) is 13.6. The van der Waals surface area contributed by atoms with E-state index in [1.54, 1.807) is 0 Å². The first-order chi connectivity index (χ1) is 4.66. The summed E-state index contributed by atoms with van der Waals surface area (Å²) < 4.78 is 0. The molecule has 59 valence electrons. The Labute approximate surface area is 63.8 Å². The second kappa shape index (κ2) is 5.45. The van der Waals surface area contributed by atoms with Crippen LogP contribution in [-0.2, 0) is 4.79 Å². The van der Waals surface area contributed by atoms with Gasteiger partial charge in [0.1, 0.15) is 0 Å². The van der Waals surface area contributed by atoms with Crippen molar-refractivity contribution >= 4 is 6.29 Å². The van der Waals surface area contributed by atoms with Gasteiger partial charge in [-0.3, -0.25) is 4.79 Å². The maximum absolute atomic E-state index is 10.1. The third kappa shape index (κ3) is 5.80. The predicted molar refractivity (Wildman–Crippen MR) is 43.5 cm³/mol. The molecule has 1 radical (unpaired) electrons. The monoisotopic (exact) mass is 141 g/mol. The van der Waals surface area contributed by atoms with Crippen molar-refractivity contribution in [3.05, 3.63) is 0 Å². The summed E-state index contributed by atoms with van der Waals surface area (Å²) in [6, 6.07) is 0. The van der Waals surface area contributed by atoms with Crippen molar-refractivity contribution in [2.75, 3.05) is 0 Å². The molecule has 0 saturated carbocycles. The van der Waals surface area contributed by atoms with E-state index in [4.69, 9.17) is 0 Å². The summed E-state index contributed by atoms with van der Waals surface area (Å²) in [7, 11) is 0. The molecule has 0 spiro atoms. The standard InChI is InChI=1S/C9H17O/c1-8(2)5-4-6-9(3)7-10/h8-9H,4-6H2,1-3H3. The maximum Gasteiger partial charge on any atom is 0.201 e. The summed E-state index contributed by atoms with van der Waals surface area (Å²) in [6.07, 6.45) is 5.38. The number of carbonyl (C=O) groups excluding carboxylic acids is 1. The Morgan fingerprint density at radius 2 is 1.80 bits per heavy atom. The highest BCUT2D eigenvalue weighted by Crippen LogP contribution is 2.10. The average molecular weight is 141 g/mol. The molecule has 0 heterocycles. The largest absolute Gasteiger partial charge is 0.291 e. The van der Waals surface area contributed by atoms with Crippen LogP contribution in [0.25, 0.3) is 0 Å². The molecule has 0 rings (SSSR count). The van der Waals surface area contributed by atoms with E-state index in [-0.39, 0.29) is 5.92 Å². The maximum atomic E-state index is 10.1. The van der Waals surface area contributed by atoms with E-state index in [1.165, 1.54) is 6.42 Å². The molecule has 0 bridgehead atoms. The van der Waals surface area contributed by atoms with Crippen molar-refractivity contribution in [2.45, 2.75) is 40.0 Å². The molecule has 0 N–H and O–H groups in total. The van der Waals surface area contributed by atoms with E-state index in [2.05, 4.69) is 13.8 Å². The van der Waals surface area contributed by atoms with E-state index >= 15 is 0 Å². The number of hydrogen-bond donors (Lipinski definition) is 0. The third-order valence-corrected chi connectivity index (χ3v) is 1.62. The Balaban J connectivity index is 3.11. The molecule has 1 atom stereocenters. The quantitative estimate of drug-likeness (QED) is 0.575. The van der Waals surface area contributed by atoms with Gasteiger partial charge in [0.25, 0.3) is 0 Å². The Hall–Kier alpha value is -0.330. The Morgan fingerprint density at radius 3 is 2.20 bits per heavy atom. The van der Waals surface area contributed by atoms with Crippen molar-refractivity contribution in [3.63, 3.8) is 0 Å². The molecule has 0 amide bonds. The molecule has 0 aliphatic heterocycles. The highest BCUT2D eigenvalue weighted by Gasteiger charge is 2.00. The Morgan fingerprint density at radius 1 is 1.20 bits per heavy atom. The van der Waals surface area contributed by atoms with Gasteiger partial charge < -0.3 is 0 Å². The van der Waals surface area contributed by atoms with Crippen LogP contribution in [0.3, 0.4) is 0 Å². The van der Waals surface area contributed by atoms with Crippen LogP contribution in [0, 0.1) is 11.8 Å². The summed E-state index contributed by atoms with van der Waals surface area (Å²) in [5.74, 6) is 0.901. The first-order valence-electron chi connectivity index (χ1n) is 4.04. The van der Waals surface area contributed by atoms with Crippen LogP contribution in [-0.4, -0.2) is 6.29 Å². The van der Waals surface area contributed by atoms with Gasteiger partial charge in [-0.15, -0.1) is 0 Å². The van der Waals surface area contributed by atoms with E-state index in [0.29, 0.717) is 0 Å². The van der Waals surface area contributed by atoms with E-state index in [0.717, 1.165) is 18.8 Å². The van der Waals surface area contributed by atoms with Crippen LogP contribution in [0.1, 0.15) is 40.0 Å². The molecule has 0 aromatic carbocycles. The van der Waals surface area contributed by atoms with Gasteiger partial charge in [0.05, 0.1) is 0 Å². The molecule has 1 nitrogen and oxygen atoms in total. The first-order valence-corrected chi connectivity index (χ1v) is 4.04. The molecule has 0 aliphatic rings. The zero-order valence-electron chi connectivity index (χ0n) is 7.18. The van der Waals surface area contributed by atoms with Crippen LogP contribution < -0.4 is 0 Å². The summed E-state index contributed by atoms with van der Waals surface area (Å²) >= 11 is 0. The third-order valence-electron chi connectivity index (χ3n) is 1.62. The van der Waals surface area contributed by atoms with Crippen LogP contribution >= 0.6 is 0 Å². The van der Waals surface area contributed by atoms with Gasteiger partial charge >= 0.3 is 0 Å². The van der Waals surface area contributed by atoms with Gasteiger partial charge in [-0.25, -0.2) is 0 Å². The van der Waals surface area contributed by atoms with Crippen molar-refractivity contribution in [1.82, 2.24) is 0 Å². The molecule has 0 saturated heterocycles. The lowest BCUT2D eigenvalue weighted by Gasteiger charge is -2.04. The van der Waals surface area contributed by atoms with Gasteiger partial charge in [0.2, 0.25) is 6.29 Å². The minimum atomic E-state index is 0.138. The van der Waals surface area contributed by atoms with Gasteiger partial charge in [-0.2, -0.15) is 0 Å². The van der Waals surface area contributed by atoms with Gasteiger partial charge in [-0.05, 0) is 12.3 Å². The van der Waals surface area contributed by atoms with Crippen molar-refractivity contribution in [2.24, 2.45) is 11.8 Å². The van der Waals surface area contributed by atoms with Crippen LogP contribution in [0.4, 0.5) is 0 Å². The summed E-state index contributed by atoms with van der Waals surface area (Å²) in [6.45, 7) is 6.33. The minimum Gasteiger partial charge on any atom is -0.291 e. The van der Waals surface area contributed by atoms with E-state index < -0.39 is 0 Å². The highest BCUT2D eigenvalue weighted by atomic mass is 16.1. The molecule has 0 aromatic heterocycles. The topological polar surface area (TPSA) is 17.1 Å². The molecule has 10 heavy (non-hydrogen) atoms. The summed E-state index contributed by atoms with van der Waals surface area (Å²) in [4.78, 5) is 10.1. The second-order valence-electron chi connectivity index (χ2n) is 3.34. The number of rotatable bonds is 5. The molecular formula is C9H17O. The van der Waals surface area contributed by atoms with Gasteiger partial charge in [0.15, 0.2) is 0 Å². The van der Waals surface area contributed by atoms with E-state index in [1.807, 2.05) is 13.2 Å². The molecular weight excluding hydrogens is 124 g/mol. The summed E-state index contributed by atoms with van der Waals surface area (Å²) in [5.41, 5.74) is 0. The smallest absolute Gasteiger partial charge is 0.201 e. The predicted octanol–water partition coefficient (Wildman–Crippen LogP) is 2.56. The Bertz CT molecular complexity index is 86.7. The van der Waals surface area contributed by atoms with Gasteiger partial charge in [0, 0.05) is 5.92 Å². The van der Waals surface area contributed by atoms with Crippen molar-refractivity contribution in [1.29, 1.82) is 0 Å². The Kier molecular flexibility index (Phi) is 5.27. The zero-order valence-corrected chi connectivity index (χ0v) is 7.18. The van der Waals surface area contributed by atoms with Crippen molar-refractivity contribution in [3.8, 4) is 0 Å². The molecule has 0 aliphatic carbocycles. The zero-order chi connectivity index (χ0) is 7.98. The second-order valence-corrected chi connectivity index (χ2v) is 3.34. The fraction of sp³-hybridized carbons (Fsp3) is 0.889. The summed E-state index contributed by atoms with van der Waals surface area (Å²) in [5, 5.41) is 0. The van der Waals surface area contributed by atoms with Gasteiger partial charge in [-0.1, -0.05) is 33.6 Å². The van der Waals surface area contributed by atoms with Crippen molar-refractivity contribution < 1.29 is 4.79 Å². The van der Waals surface area contributed by atoms with Crippen LogP contribution in [0.2, 0.25) is 0 Å². The fourth-order valence-corrected chi connectivity index (χ4v) is 0.891. The minimum absolute atomic E-state index is 0.138. The lowest BCUT2D eigenvalue weighted by molar-refractivity contribution is 0.482. The lowest BCUT2D eigenvalue weighted by Crippen LogP contribution is -1.96. The fourth-order valence-electron chi connectivity index (χ4n) is 0.891. The highest BCUT2D eigenvalue weighted by molar-refractivity contribution is 5.53. The molecule has 1 unspecified atom stereocenters. The average Bonchev–Trinajstić information content (AvgIpc) is 1.87.